The zero-order valence-electron chi connectivity index (χ0n) is 51.5. The van der Waals surface area contributed by atoms with Crippen LogP contribution in [0.25, 0.3) is 55.1 Å². The van der Waals surface area contributed by atoms with Crippen LogP contribution in [0, 0.1) is 13.8 Å². The van der Waals surface area contributed by atoms with Gasteiger partial charge in [0.25, 0.3) is 11.1 Å². The van der Waals surface area contributed by atoms with E-state index in [1.165, 1.54) is 30.3 Å². The van der Waals surface area contributed by atoms with E-state index < -0.39 is 53.1 Å². The average Bonchev–Trinajstić information content (AvgIpc) is 1.67. The highest BCUT2D eigenvalue weighted by molar-refractivity contribution is 6.14. The molecule has 21 nitrogen and oxygen atoms in total. The number of carbonyl (C=O) groups excluding carboxylic acids is 4. The minimum absolute atomic E-state index is 0.0270. The Hall–Kier alpha value is -9.96. The Labute approximate surface area is 522 Å². The third kappa shape index (κ3) is 14.5. The highest BCUT2D eigenvalue weighted by Gasteiger charge is 2.26. The van der Waals surface area contributed by atoms with Crippen molar-refractivity contribution in [2.24, 2.45) is 0 Å². The van der Waals surface area contributed by atoms with E-state index in [0.29, 0.717) is 42.4 Å². The van der Waals surface area contributed by atoms with Crippen LogP contribution in [0.1, 0.15) is 103 Å². The van der Waals surface area contributed by atoms with E-state index in [-0.39, 0.29) is 51.1 Å². The molecule has 0 radical (unpaired) electrons. The highest BCUT2D eigenvalue weighted by atomic mass is 16.6. The summed E-state index contributed by atoms with van der Waals surface area (Å²) in [6.07, 6.45) is 9.23. The number of aliphatic hydroxyl groups is 1. The Morgan fingerprint density at radius 3 is 1.45 bits per heavy atom. The molecule has 0 atom stereocenters. The maximum Gasteiger partial charge on any atom is 0.329 e. The molecule has 472 valence electrons. The van der Waals surface area contributed by atoms with Crippen LogP contribution in [-0.2, 0) is 32.2 Å². The lowest BCUT2D eigenvalue weighted by atomic mass is 9.98. The first-order valence-electron chi connectivity index (χ1n) is 30.4. The molecule has 10 aromatic rings. The van der Waals surface area contributed by atoms with Crippen molar-refractivity contribution in [3.63, 3.8) is 0 Å². The highest BCUT2D eigenvalue weighted by Crippen LogP contribution is 2.37. The Morgan fingerprint density at radius 1 is 0.549 bits per heavy atom. The number of aromatic nitrogens is 6. The number of pyridine rings is 2. The molecule has 21 heteroatoms. The number of aliphatic carboxylic acids is 1. The number of nitrogens with one attached hydrogen (secondary N) is 2. The van der Waals surface area contributed by atoms with Crippen molar-refractivity contribution in [3.8, 4) is 33.8 Å². The van der Waals surface area contributed by atoms with Crippen LogP contribution in [0.15, 0.2) is 153 Å². The van der Waals surface area contributed by atoms with E-state index in [2.05, 4.69) is 14.9 Å². The molecule has 0 saturated heterocycles. The van der Waals surface area contributed by atoms with Crippen LogP contribution in [0.3, 0.4) is 0 Å². The van der Waals surface area contributed by atoms with Gasteiger partial charge >= 0.3 is 17.3 Å². The Balaban J connectivity index is 0.689. The van der Waals surface area contributed by atoms with Crippen LogP contribution in [-0.4, -0.2) is 120 Å². The number of esters is 1. The van der Waals surface area contributed by atoms with Crippen LogP contribution >= 0.6 is 0 Å². The molecule has 0 fully saturated rings. The second-order valence-electron chi connectivity index (χ2n) is 23.4. The number of benzene rings is 4. The monoisotopic (exact) mass is 1230 g/mol. The predicted molar refractivity (Wildman–Crippen MR) is 344 cm³/mol. The number of hydrogen-bond donors (Lipinski definition) is 3. The van der Waals surface area contributed by atoms with Crippen molar-refractivity contribution in [1.82, 2.24) is 32.8 Å². The molecule has 0 saturated carbocycles. The zero-order chi connectivity index (χ0) is 64.5. The van der Waals surface area contributed by atoms with Gasteiger partial charge < -0.3 is 57.6 Å². The van der Waals surface area contributed by atoms with Crippen molar-refractivity contribution in [2.75, 3.05) is 52.7 Å². The van der Waals surface area contributed by atoms with Gasteiger partial charge in [-0.3, -0.25) is 28.5 Å². The molecule has 6 heterocycles. The first-order chi connectivity index (χ1) is 43.8. The van der Waals surface area contributed by atoms with Gasteiger partial charge in [0.1, 0.15) is 23.6 Å². The number of carboxylic acid groups (broad SMARTS) is 1. The fraction of sp³-hybridized carbons (Fsp3) is 0.314. The Morgan fingerprint density at radius 2 is 1.01 bits per heavy atom. The number of H-pyrrole nitrogens is 2. The summed E-state index contributed by atoms with van der Waals surface area (Å²) >= 11 is 0. The van der Waals surface area contributed by atoms with E-state index in [4.69, 9.17) is 18.9 Å². The zero-order valence-corrected chi connectivity index (χ0v) is 51.5. The number of carboxylic acids is 1. The number of fused-ring (bicyclic) bond motifs is 4. The van der Waals surface area contributed by atoms with Gasteiger partial charge in [0.05, 0.1) is 89.8 Å². The van der Waals surface area contributed by atoms with Gasteiger partial charge in [0, 0.05) is 41.2 Å². The number of unbranched alkanes of at least 4 members (excludes halogenated alkanes) is 4. The topological polar surface area (TPSA) is 270 Å². The molecule has 0 amide bonds. The first-order valence-corrected chi connectivity index (χ1v) is 30.4. The standard InChI is InChI=1S/C70H73N7O14/c1-44-60(56-16-8-12-32-74(56)62(44)64(82)48-22-28-52-54(40-48)71-68(86)76(66(52)84)42-58(79)80)46-18-24-50(25-19-46)89-36-14-6-10-30-73(34-38-88-39-35-78)31-11-7-15-37-90-51-26-20-47(21-27-51)61-45(2)63(75-33-13-9-17-57(61)75)65(83)49-23-29-53-55(41-49)72-69(87)77(67(53)85)43-59(81)91-70(3,4)5/h8-9,12-13,16-29,32-33,40-41,78H,6-7,10-11,14-15,30-31,34-39,42-43H2,1-5H3,(H,71,86)(H,72,87)(H,79,80)/p-1. The summed E-state index contributed by atoms with van der Waals surface area (Å²) in [5.41, 5.74) is 4.32. The summed E-state index contributed by atoms with van der Waals surface area (Å²) in [6, 6.07) is 35.8. The molecule has 10 rings (SSSR count). The summed E-state index contributed by atoms with van der Waals surface area (Å²) < 4.78 is 28.3. The fourth-order valence-electron chi connectivity index (χ4n) is 11.7. The Kier molecular flexibility index (Phi) is 19.9. The molecule has 0 bridgehead atoms. The first kappa shape index (κ1) is 64.0. The lowest BCUT2D eigenvalue weighted by Crippen LogP contribution is -2.41. The smallest absolute Gasteiger partial charge is 0.329 e. The number of aliphatic hydroxyl groups excluding tert-OH is 1. The fourth-order valence-corrected chi connectivity index (χ4v) is 11.7. The van der Waals surface area contributed by atoms with Crippen LogP contribution in [0.4, 0.5) is 0 Å². The van der Waals surface area contributed by atoms with Crippen molar-refractivity contribution in [1.29, 1.82) is 0 Å². The molecule has 6 aromatic heterocycles. The maximum atomic E-state index is 14.4. The maximum absolute atomic E-state index is 14.4. The second kappa shape index (κ2) is 28.3. The number of ketones is 2. The molecule has 0 spiro atoms. The minimum Gasteiger partial charge on any atom is -0.548 e. The van der Waals surface area contributed by atoms with Gasteiger partial charge in [-0.1, -0.05) is 48.5 Å². The van der Waals surface area contributed by atoms with Gasteiger partial charge in [0.15, 0.2) is 0 Å². The summed E-state index contributed by atoms with van der Waals surface area (Å²) in [6.45, 7) is 11.8. The summed E-state index contributed by atoms with van der Waals surface area (Å²) in [7, 11) is 0. The molecule has 0 aliphatic carbocycles. The third-order valence-electron chi connectivity index (χ3n) is 15.9. The molecule has 0 aliphatic rings. The number of rotatable bonds is 29. The van der Waals surface area contributed by atoms with Crippen molar-refractivity contribution < 1.29 is 48.3 Å². The SMILES string of the molecule is Cc1c(-c2ccc(OCCCCCN(CCCCCOc3ccc(-c4c(C)c(C(=O)c5ccc6c(=O)n(CC(=O)OC(C)(C)C)c(=O)[nH]c6c5)n5ccccc45)cc3)CCOCCO)cc2)c2ccccn2c1C(=O)c1ccc2c(=O)n(CC(=O)[O-])c(=O)[nH]c2c1. The van der Waals surface area contributed by atoms with Gasteiger partial charge in [-0.05, 0) is 181 Å². The van der Waals surface area contributed by atoms with Crippen LogP contribution < -0.4 is 37.1 Å². The molecular formula is C70H72N7O14-. The van der Waals surface area contributed by atoms with Crippen LogP contribution in [0.2, 0.25) is 0 Å². The van der Waals surface area contributed by atoms with Crippen molar-refractivity contribution in [2.45, 2.75) is 91.8 Å². The summed E-state index contributed by atoms with van der Waals surface area (Å²) in [4.78, 5) is 112. The minimum atomic E-state index is -1.58. The van der Waals surface area contributed by atoms with Gasteiger partial charge in [0.2, 0.25) is 11.6 Å². The van der Waals surface area contributed by atoms with E-state index >= 15 is 0 Å². The number of hydrogen-bond acceptors (Lipinski definition) is 15. The molecular weight excluding hydrogens is 1160 g/mol. The van der Waals surface area contributed by atoms with Crippen molar-refractivity contribution >= 4 is 56.3 Å². The molecule has 91 heavy (non-hydrogen) atoms. The van der Waals surface area contributed by atoms with Gasteiger partial charge in [-0.15, -0.1) is 0 Å². The molecule has 0 unspecified atom stereocenters. The number of carbonyl (C=O) groups is 4. The molecule has 3 N–H and O–H groups in total. The van der Waals surface area contributed by atoms with E-state index in [1.54, 1.807) is 26.8 Å². The summed E-state index contributed by atoms with van der Waals surface area (Å²) in [5, 5.41) is 20.6. The average molecular weight is 1240 g/mol. The van der Waals surface area contributed by atoms with E-state index in [1.807, 2.05) is 120 Å². The molecule has 4 aromatic carbocycles. The van der Waals surface area contributed by atoms with Gasteiger partial charge in [-0.2, -0.15) is 0 Å². The number of aromatic amines is 2. The number of ether oxygens (including phenoxy) is 4. The Bertz CT molecular complexity index is 4600. The van der Waals surface area contributed by atoms with E-state index in [9.17, 15) is 48.6 Å². The second-order valence-corrected chi connectivity index (χ2v) is 23.4. The van der Waals surface area contributed by atoms with Gasteiger partial charge in [-0.25, -0.2) is 14.2 Å². The summed E-state index contributed by atoms with van der Waals surface area (Å²) in [5.74, 6) is -1.49. The normalized spacial score (nSPS) is 11.8. The van der Waals surface area contributed by atoms with Crippen molar-refractivity contribution in [3.05, 3.63) is 209 Å². The van der Waals surface area contributed by atoms with Crippen LogP contribution in [0.5, 0.6) is 11.5 Å². The third-order valence-corrected chi connectivity index (χ3v) is 15.9. The lowest BCUT2D eigenvalue weighted by molar-refractivity contribution is -0.306. The predicted octanol–water partition coefficient (Wildman–Crippen LogP) is 7.81. The van der Waals surface area contributed by atoms with E-state index in [0.717, 1.165) is 119 Å². The lowest BCUT2D eigenvalue weighted by Gasteiger charge is -2.22. The molecule has 0 aliphatic heterocycles. The number of nitrogens with zero attached hydrogens (tertiary/aromatic N) is 5. The largest absolute Gasteiger partial charge is 0.548 e. The quantitative estimate of drug-likeness (QED) is 0.0229.